The summed E-state index contributed by atoms with van der Waals surface area (Å²) in [6, 6.07) is 11.9. The predicted octanol–water partition coefficient (Wildman–Crippen LogP) is 4.00. The maximum Gasteiger partial charge on any atom is 0.245 e. The monoisotopic (exact) mass is 441 g/mol. The number of carbonyl (C=O) groups excluding carboxylic acids is 1. The predicted molar refractivity (Wildman–Crippen MR) is 115 cm³/mol. The first-order valence-corrected chi connectivity index (χ1v) is 11.4. The fourth-order valence-corrected chi connectivity index (χ4v) is 4.50. The van der Waals surface area contributed by atoms with E-state index in [1.807, 2.05) is 24.3 Å². The van der Waals surface area contributed by atoms with Crippen molar-refractivity contribution in [2.75, 3.05) is 40.4 Å². The molecule has 28 heavy (non-hydrogen) atoms. The second-order valence-corrected chi connectivity index (χ2v) is 9.47. The van der Waals surface area contributed by atoms with Gasteiger partial charge in [-0.2, -0.15) is 0 Å². The second kappa shape index (κ2) is 8.59. The normalized spacial score (nSPS) is 14.2. The van der Waals surface area contributed by atoms with Gasteiger partial charge in [0.25, 0.3) is 0 Å². The van der Waals surface area contributed by atoms with Crippen LogP contribution in [0.1, 0.15) is 12.8 Å². The number of rotatable bonds is 6. The van der Waals surface area contributed by atoms with Gasteiger partial charge in [-0.05, 0) is 55.3 Å². The number of sulfonamides is 1. The van der Waals surface area contributed by atoms with E-state index in [4.69, 9.17) is 23.2 Å². The average molecular weight is 442 g/mol. The zero-order valence-electron chi connectivity index (χ0n) is 15.4. The van der Waals surface area contributed by atoms with Crippen molar-refractivity contribution in [3.05, 3.63) is 52.5 Å². The van der Waals surface area contributed by atoms with Gasteiger partial charge in [0.2, 0.25) is 15.9 Å². The molecule has 2 aromatic carbocycles. The van der Waals surface area contributed by atoms with Crippen molar-refractivity contribution < 1.29 is 13.2 Å². The van der Waals surface area contributed by atoms with Crippen molar-refractivity contribution in [3.63, 3.8) is 0 Å². The lowest BCUT2D eigenvalue weighted by Crippen LogP contribution is -2.37. The van der Waals surface area contributed by atoms with Crippen molar-refractivity contribution in [1.82, 2.24) is 0 Å². The highest BCUT2D eigenvalue weighted by Crippen LogP contribution is 2.27. The molecule has 0 unspecified atom stereocenters. The number of amides is 1. The van der Waals surface area contributed by atoms with Crippen molar-refractivity contribution in [2.24, 2.45) is 0 Å². The van der Waals surface area contributed by atoms with Gasteiger partial charge in [-0.3, -0.25) is 9.10 Å². The molecular formula is C19H21Cl2N3O3S. The van der Waals surface area contributed by atoms with E-state index in [-0.39, 0.29) is 22.3 Å². The number of nitrogens with zero attached hydrogens (tertiary/aromatic N) is 2. The molecule has 1 amide bonds. The Morgan fingerprint density at radius 3 is 2.18 bits per heavy atom. The van der Waals surface area contributed by atoms with E-state index < -0.39 is 15.9 Å². The molecule has 0 radical (unpaired) electrons. The SMILES string of the molecule is CS(=O)(=O)N(CC(=O)Nc1ccc(N2CCCC2)cc1)c1cc(Cl)cc(Cl)c1. The van der Waals surface area contributed by atoms with Gasteiger partial charge in [0.15, 0.2) is 0 Å². The number of carbonyl (C=O) groups is 1. The summed E-state index contributed by atoms with van der Waals surface area (Å²) in [6.45, 7) is 1.69. The Hall–Kier alpha value is -1.96. The molecule has 0 aromatic heterocycles. The van der Waals surface area contributed by atoms with E-state index in [1.54, 1.807) is 0 Å². The fraction of sp³-hybridized carbons (Fsp3) is 0.316. The molecule has 0 atom stereocenters. The minimum atomic E-state index is -3.71. The third kappa shape index (κ3) is 5.31. The molecule has 1 aliphatic rings. The lowest BCUT2D eigenvalue weighted by Gasteiger charge is -2.22. The number of halogens is 2. The molecule has 1 N–H and O–H groups in total. The van der Waals surface area contributed by atoms with Crippen LogP contribution in [0.2, 0.25) is 10.0 Å². The molecule has 0 aliphatic carbocycles. The highest BCUT2D eigenvalue weighted by Gasteiger charge is 2.22. The van der Waals surface area contributed by atoms with Gasteiger partial charge in [-0.1, -0.05) is 23.2 Å². The molecule has 1 heterocycles. The first-order chi connectivity index (χ1) is 13.2. The van der Waals surface area contributed by atoms with Crippen LogP contribution in [0.5, 0.6) is 0 Å². The van der Waals surface area contributed by atoms with Crippen molar-refractivity contribution in [2.45, 2.75) is 12.8 Å². The number of hydrogen-bond acceptors (Lipinski definition) is 4. The lowest BCUT2D eigenvalue weighted by atomic mass is 10.2. The van der Waals surface area contributed by atoms with E-state index in [0.29, 0.717) is 5.69 Å². The fourth-order valence-electron chi connectivity index (χ4n) is 3.15. The zero-order valence-corrected chi connectivity index (χ0v) is 17.7. The van der Waals surface area contributed by atoms with Crippen LogP contribution in [-0.4, -0.2) is 40.2 Å². The van der Waals surface area contributed by atoms with Gasteiger partial charge in [0.05, 0.1) is 11.9 Å². The number of hydrogen-bond donors (Lipinski definition) is 1. The van der Waals surface area contributed by atoms with Crippen LogP contribution in [0.4, 0.5) is 17.1 Å². The summed E-state index contributed by atoms with van der Waals surface area (Å²) in [5, 5.41) is 3.30. The van der Waals surface area contributed by atoms with Gasteiger partial charge >= 0.3 is 0 Å². The molecule has 0 bridgehead atoms. The van der Waals surface area contributed by atoms with E-state index >= 15 is 0 Å². The Morgan fingerprint density at radius 2 is 1.64 bits per heavy atom. The van der Waals surface area contributed by atoms with E-state index in [1.165, 1.54) is 31.0 Å². The minimum Gasteiger partial charge on any atom is -0.372 e. The van der Waals surface area contributed by atoms with E-state index in [2.05, 4.69) is 10.2 Å². The van der Waals surface area contributed by atoms with Gasteiger partial charge < -0.3 is 10.2 Å². The van der Waals surface area contributed by atoms with Crippen LogP contribution in [-0.2, 0) is 14.8 Å². The molecule has 3 rings (SSSR count). The molecule has 0 spiro atoms. The molecule has 1 fully saturated rings. The minimum absolute atomic E-state index is 0.236. The van der Waals surface area contributed by atoms with E-state index in [0.717, 1.165) is 29.3 Å². The third-order valence-electron chi connectivity index (χ3n) is 4.45. The summed E-state index contributed by atoms with van der Waals surface area (Å²) in [4.78, 5) is 14.8. The molecule has 1 aliphatic heterocycles. The Labute approximate surface area is 175 Å². The molecular weight excluding hydrogens is 421 g/mol. The first kappa shape index (κ1) is 20.8. The zero-order chi connectivity index (χ0) is 20.3. The highest BCUT2D eigenvalue weighted by molar-refractivity contribution is 7.92. The summed E-state index contributed by atoms with van der Waals surface area (Å²) in [6.07, 6.45) is 3.40. The van der Waals surface area contributed by atoms with Crippen LogP contribution in [0.3, 0.4) is 0 Å². The topological polar surface area (TPSA) is 69.7 Å². The molecule has 6 nitrogen and oxygen atoms in total. The largest absolute Gasteiger partial charge is 0.372 e. The Bertz CT molecular complexity index is 939. The highest BCUT2D eigenvalue weighted by atomic mass is 35.5. The quantitative estimate of drug-likeness (QED) is 0.735. The molecule has 150 valence electrons. The molecule has 9 heteroatoms. The number of anilines is 3. The van der Waals surface area contributed by atoms with Crippen LogP contribution in [0, 0.1) is 0 Å². The van der Waals surface area contributed by atoms with Crippen LogP contribution in [0.25, 0.3) is 0 Å². The van der Waals surface area contributed by atoms with Gasteiger partial charge in [0, 0.05) is 34.5 Å². The number of benzene rings is 2. The Kier molecular flexibility index (Phi) is 6.37. The standard InChI is InChI=1S/C19H21Cl2N3O3S/c1-28(26,27)24(18-11-14(20)10-15(21)12-18)13-19(25)22-16-4-6-17(7-5-16)23-8-2-3-9-23/h4-7,10-12H,2-3,8-9,13H2,1H3,(H,22,25). The summed E-state index contributed by atoms with van der Waals surface area (Å²) >= 11 is 11.9. The average Bonchev–Trinajstić information content (AvgIpc) is 3.13. The lowest BCUT2D eigenvalue weighted by molar-refractivity contribution is -0.114. The smallest absolute Gasteiger partial charge is 0.245 e. The summed E-state index contributed by atoms with van der Waals surface area (Å²) < 4.78 is 25.3. The molecule has 0 saturated carbocycles. The van der Waals surface area contributed by atoms with E-state index in [9.17, 15) is 13.2 Å². The number of nitrogens with one attached hydrogen (secondary N) is 1. The molecule has 1 saturated heterocycles. The Morgan fingerprint density at radius 1 is 1.07 bits per heavy atom. The first-order valence-electron chi connectivity index (χ1n) is 8.81. The summed E-state index contributed by atoms with van der Waals surface area (Å²) in [5.41, 5.74) is 1.95. The van der Waals surface area contributed by atoms with Crippen LogP contribution < -0.4 is 14.5 Å². The second-order valence-electron chi connectivity index (χ2n) is 6.69. The van der Waals surface area contributed by atoms with Crippen molar-refractivity contribution in [1.29, 1.82) is 0 Å². The molecule has 2 aromatic rings. The maximum atomic E-state index is 12.5. The summed E-state index contributed by atoms with van der Waals surface area (Å²) in [5.74, 6) is -0.463. The van der Waals surface area contributed by atoms with Crippen molar-refractivity contribution in [3.8, 4) is 0 Å². The summed E-state index contributed by atoms with van der Waals surface area (Å²) in [7, 11) is -3.71. The van der Waals surface area contributed by atoms with Gasteiger partial charge in [0.1, 0.15) is 6.54 Å². The van der Waals surface area contributed by atoms with Crippen LogP contribution in [0.15, 0.2) is 42.5 Å². The van der Waals surface area contributed by atoms with Gasteiger partial charge in [-0.25, -0.2) is 8.42 Å². The Balaban J connectivity index is 1.72. The maximum absolute atomic E-state index is 12.5. The van der Waals surface area contributed by atoms with Crippen molar-refractivity contribution >= 4 is 56.2 Å². The third-order valence-corrected chi connectivity index (χ3v) is 6.02. The van der Waals surface area contributed by atoms with Crippen LogP contribution >= 0.6 is 23.2 Å². The van der Waals surface area contributed by atoms with Gasteiger partial charge in [-0.15, -0.1) is 0 Å².